The number of carbonyl (C=O) groups excluding carboxylic acids is 1. The molecule has 0 amide bonds. The highest BCUT2D eigenvalue weighted by Crippen LogP contribution is 2.13. The van der Waals surface area contributed by atoms with E-state index in [4.69, 9.17) is 4.42 Å². The van der Waals surface area contributed by atoms with Crippen molar-refractivity contribution in [2.24, 2.45) is 0 Å². The van der Waals surface area contributed by atoms with E-state index in [2.05, 4.69) is 20.2 Å². The molecule has 2 aromatic heterocycles. The monoisotopic (exact) mass is 314 g/mol. The first-order chi connectivity index (χ1) is 11.1. The Morgan fingerprint density at radius 1 is 1.30 bits per heavy atom. The molecule has 116 valence electrons. The number of carbonyl (C=O) groups is 1. The van der Waals surface area contributed by atoms with Crippen molar-refractivity contribution in [1.82, 2.24) is 20.2 Å². The van der Waals surface area contributed by atoms with Gasteiger partial charge in [0.15, 0.2) is 23.2 Å². The van der Waals surface area contributed by atoms with Gasteiger partial charge in [-0.05, 0) is 17.7 Å². The normalized spacial score (nSPS) is 11.6. The molecule has 0 unspecified atom stereocenters. The van der Waals surface area contributed by atoms with Crippen molar-refractivity contribution in [3.05, 3.63) is 71.7 Å². The second-order valence-electron chi connectivity index (χ2n) is 4.65. The standard InChI is InChI=1S/C15H11FN4O3/c16-10-3-1-9(2-4-10)5-14-17-7-13(23-14)11(21)6-12(22)15-18-8-19-20-15/h1-4,6-8,22H,5H2,(H,18,19,20)/b12-6-. The molecule has 2 N–H and O–H groups in total. The molecule has 0 bridgehead atoms. The van der Waals surface area contributed by atoms with Gasteiger partial charge in [-0.3, -0.25) is 9.89 Å². The van der Waals surface area contributed by atoms with Crippen LogP contribution in [0.4, 0.5) is 4.39 Å². The molecule has 3 aromatic rings. The molecule has 3 rings (SSSR count). The first kappa shape index (κ1) is 14.6. The molecular weight excluding hydrogens is 303 g/mol. The summed E-state index contributed by atoms with van der Waals surface area (Å²) in [5.41, 5.74) is 0.798. The van der Waals surface area contributed by atoms with E-state index in [0.29, 0.717) is 12.3 Å². The van der Waals surface area contributed by atoms with Gasteiger partial charge in [-0.2, -0.15) is 5.10 Å². The van der Waals surface area contributed by atoms with E-state index >= 15 is 0 Å². The lowest BCUT2D eigenvalue weighted by atomic mass is 10.1. The molecule has 23 heavy (non-hydrogen) atoms. The predicted molar refractivity (Wildman–Crippen MR) is 77.0 cm³/mol. The predicted octanol–water partition coefficient (Wildman–Crippen LogP) is 2.30. The summed E-state index contributed by atoms with van der Waals surface area (Å²) in [5.74, 6) is -0.879. The maximum atomic E-state index is 12.8. The van der Waals surface area contributed by atoms with Crippen LogP contribution in [0.3, 0.4) is 0 Å². The second-order valence-corrected chi connectivity index (χ2v) is 4.65. The van der Waals surface area contributed by atoms with E-state index in [1.54, 1.807) is 12.1 Å². The highest BCUT2D eigenvalue weighted by molar-refractivity contribution is 6.05. The fourth-order valence-corrected chi connectivity index (χ4v) is 1.88. The van der Waals surface area contributed by atoms with Crippen LogP contribution < -0.4 is 0 Å². The van der Waals surface area contributed by atoms with Gasteiger partial charge in [0.05, 0.1) is 6.20 Å². The Kier molecular flexibility index (Phi) is 3.96. The van der Waals surface area contributed by atoms with E-state index in [0.717, 1.165) is 11.6 Å². The van der Waals surface area contributed by atoms with Gasteiger partial charge in [0.1, 0.15) is 12.1 Å². The summed E-state index contributed by atoms with van der Waals surface area (Å²) in [6, 6.07) is 5.89. The molecule has 2 heterocycles. The van der Waals surface area contributed by atoms with Crippen LogP contribution in [0.15, 0.2) is 47.3 Å². The third-order valence-corrected chi connectivity index (χ3v) is 2.99. The number of allylic oxidation sites excluding steroid dienone is 1. The molecule has 0 aliphatic rings. The molecule has 1 aromatic carbocycles. The van der Waals surface area contributed by atoms with E-state index < -0.39 is 5.78 Å². The number of oxazole rings is 1. The smallest absolute Gasteiger partial charge is 0.226 e. The Hall–Kier alpha value is -3.29. The third kappa shape index (κ3) is 3.49. The van der Waals surface area contributed by atoms with Crippen LogP contribution in [-0.4, -0.2) is 31.1 Å². The van der Waals surface area contributed by atoms with Crippen LogP contribution in [0.25, 0.3) is 5.76 Å². The highest BCUT2D eigenvalue weighted by atomic mass is 19.1. The summed E-state index contributed by atoms with van der Waals surface area (Å²) in [4.78, 5) is 19.7. The number of aliphatic hydroxyl groups excluding tert-OH is 1. The lowest BCUT2D eigenvalue weighted by molar-refractivity contribution is 0.101. The van der Waals surface area contributed by atoms with Crippen molar-refractivity contribution in [2.45, 2.75) is 6.42 Å². The van der Waals surface area contributed by atoms with Gasteiger partial charge in [0.2, 0.25) is 5.78 Å². The number of H-pyrrole nitrogens is 1. The number of nitrogens with one attached hydrogen (secondary N) is 1. The highest BCUT2D eigenvalue weighted by Gasteiger charge is 2.13. The van der Waals surface area contributed by atoms with Crippen LogP contribution in [-0.2, 0) is 6.42 Å². The molecule has 0 aliphatic carbocycles. The summed E-state index contributed by atoms with van der Waals surface area (Å²) < 4.78 is 18.2. The van der Waals surface area contributed by atoms with Crippen molar-refractivity contribution in [2.75, 3.05) is 0 Å². The van der Waals surface area contributed by atoms with Crippen molar-refractivity contribution in [1.29, 1.82) is 0 Å². The first-order valence-corrected chi connectivity index (χ1v) is 6.61. The largest absolute Gasteiger partial charge is 0.504 e. The minimum absolute atomic E-state index is 0.0202. The van der Waals surface area contributed by atoms with E-state index in [1.807, 2.05) is 0 Å². The minimum atomic E-state index is -0.559. The van der Waals surface area contributed by atoms with Crippen LogP contribution in [0.2, 0.25) is 0 Å². The average molecular weight is 314 g/mol. The number of rotatable bonds is 5. The number of nitrogens with zero attached hydrogens (tertiary/aromatic N) is 3. The maximum Gasteiger partial charge on any atom is 0.226 e. The number of hydrogen-bond acceptors (Lipinski definition) is 6. The number of ketones is 1. The molecule has 0 saturated heterocycles. The van der Waals surface area contributed by atoms with Gasteiger partial charge >= 0.3 is 0 Å². The van der Waals surface area contributed by atoms with E-state index in [9.17, 15) is 14.3 Å². The molecule has 0 radical (unpaired) electrons. The summed E-state index contributed by atoms with van der Waals surface area (Å²) in [5, 5.41) is 15.7. The quantitative estimate of drug-likeness (QED) is 0.425. The molecular formula is C15H11FN4O3. The van der Waals surface area contributed by atoms with Crippen molar-refractivity contribution >= 4 is 11.5 Å². The maximum absolute atomic E-state index is 12.8. The first-order valence-electron chi connectivity index (χ1n) is 6.61. The zero-order valence-corrected chi connectivity index (χ0v) is 11.7. The Balaban J connectivity index is 1.72. The summed E-state index contributed by atoms with van der Waals surface area (Å²) in [6.07, 6.45) is 3.76. The molecule has 0 saturated carbocycles. The lowest BCUT2D eigenvalue weighted by Crippen LogP contribution is -1.96. The van der Waals surface area contributed by atoms with Crippen LogP contribution in [0.1, 0.15) is 27.8 Å². The third-order valence-electron chi connectivity index (χ3n) is 2.99. The van der Waals surface area contributed by atoms with Crippen molar-refractivity contribution in [3.8, 4) is 0 Å². The number of aromatic amines is 1. The summed E-state index contributed by atoms with van der Waals surface area (Å²) in [7, 11) is 0. The summed E-state index contributed by atoms with van der Waals surface area (Å²) >= 11 is 0. The van der Waals surface area contributed by atoms with Gasteiger partial charge in [0, 0.05) is 12.5 Å². The Morgan fingerprint density at radius 2 is 2.09 bits per heavy atom. The van der Waals surface area contributed by atoms with E-state index in [-0.39, 0.29) is 23.2 Å². The molecule has 0 fully saturated rings. The number of aromatic nitrogens is 4. The Labute approximate surface area is 129 Å². The SMILES string of the molecule is O=C(/C=C(\O)c1ncn[nH]1)c1cnc(Cc2ccc(F)cc2)o1. The van der Waals surface area contributed by atoms with Crippen LogP contribution >= 0.6 is 0 Å². The number of hydrogen-bond donors (Lipinski definition) is 2. The lowest BCUT2D eigenvalue weighted by Gasteiger charge is -1.97. The minimum Gasteiger partial charge on any atom is -0.504 e. The van der Waals surface area contributed by atoms with E-state index in [1.165, 1.54) is 24.7 Å². The van der Waals surface area contributed by atoms with Crippen LogP contribution in [0, 0.1) is 5.82 Å². The zero-order chi connectivity index (χ0) is 16.2. The van der Waals surface area contributed by atoms with Crippen molar-refractivity contribution < 1.29 is 18.7 Å². The molecule has 0 aliphatic heterocycles. The van der Waals surface area contributed by atoms with Gasteiger partial charge in [-0.25, -0.2) is 14.4 Å². The van der Waals surface area contributed by atoms with Gasteiger partial charge in [0.25, 0.3) is 0 Å². The number of aliphatic hydroxyl groups is 1. The number of halogens is 1. The fraction of sp³-hybridized carbons (Fsp3) is 0.0667. The van der Waals surface area contributed by atoms with Gasteiger partial charge in [-0.1, -0.05) is 12.1 Å². The summed E-state index contributed by atoms with van der Waals surface area (Å²) in [6.45, 7) is 0. The average Bonchev–Trinajstić information content (AvgIpc) is 3.21. The van der Waals surface area contributed by atoms with Crippen molar-refractivity contribution in [3.63, 3.8) is 0 Å². The molecule has 0 spiro atoms. The number of benzene rings is 1. The Bertz CT molecular complexity index is 838. The Morgan fingerprint density at radius 3 is 2.78 bits per heavy atom. The fourth-order valence-electron chi connectivity index (χ4n) is 1.88. The van der Waals surface area contributed by atoms with Gasteiger partial charge in [-0.15, -0.1) is 0 Å². The topological polar surface area (TPSA) is 105 Å². The zero-order valence-electron chi connectivity index (χ0n) is 11.7. The molecule has 8 heteroatoms. The molecule has 0 atom stereocenters. The molecule has 7 nitrogen and oxygen atoms in total. The second kappa shape index (κ2) is 6.22. The van der Waals surface area contributed by atoms with Gasteiger partial charge < -0.3 is 9.52 Å². The van der Waals surface area contributed by atoms with Crippen LogP contribution in [0.5, 0.6) is 0 Å².